The van der Waals surface area contributed by atoms with Gasteiger partial charge in [0.1, 0.15) is 11.5 Å². The van der Waals surface area contributed by atoms with Gasteiger partial charge in [0.25, 0.3) is 5.56 Å². The van der Waals surface area contributed by atoms with E-state index in [4.69, 9.17) is 5.73 Å². The molecule has 2 rings (SSSR count). The minimum atomic E-state index is -0.460. The smallest absolute Gasteiger partial charge is 0.330 e. The summed E-state index contributed by atoms with van der Waals surface area (Å²) in [6, 6.07) is 7.95. The molecule has 0 atom stereocenters. The highest BCUT2D eigenvalue weighted by Crippen LogP contribution is 2.22. The summed E-state index contributed by atoms with van der Waals surface area (Å²) in [5.74, 6) is 0.790. The van der Waals surface area contributed by atoms with Crippen LogP contribution in [0.15, 0.2) is 38.3 Å². The van der Waals surface area contributed by atoms with E-state index < -0.39 is 11.2 Å². The van der Waals surface area contributed by atoms with E-state index in [1.54, 1.807) is 0 Å². The summed E-state index contributed by atoms with van der Waals surface area (Å²) in [6.45, 7) is 9.84. The van der Waals surface area contributed by atoms with Crippen LogP contribution in [0, 0.1) is 11.8 Å². The van der Waals surface area contributed by atoms with Gasteiger partial charge in [-0.25, -0.2) is 4.79 Å². The van der Waals surface area contributed by atoms with Gasteiger partial charge in [-0.15, -0.1) is 0 Å². The number of anilines is 2. The van der Waals surface area contributed by atoms with Gasteiger partial charge < -0.3 is 10.6 Å². The van der Waals surface area contributed by atoms with Crippen LogP contribution in [0.4, 0.5) is 11.5 Å². The average Bonchev–Trinajstić information content (AvgIpc) is 2.52. The van der Waals surface area contributed by atoms with Crippen LogP contribution in [0.5, 0.6) is 0 Å². The van der Waals surface area contributed by atoms with Gasteiger partial charge >= 0.3 is 5.69 Å². The van der Waals surface area contributed by atoms with Gasteiger partial charge in [0.05, 0.1) is 0 Å². The van der Waals surface area contributed by atoms with E-state index in [0.29, 0.717) is 31.2 Å². The molecule has 142 valence electrons. The van der Waals surface area contributed by atoms with E-state index in [1.807, 2.05) is 43.0 Å². The van der Waals surface area contributed by atoms with Gasteiger partial charge in [0.15, 0.2) is 0 Å². The number of hydrogen-bond donors (Lipinski definition) is 2. The molecule has 0 fully saturated rings. The Hall–Kier alpha value is -2.02. The molecule has 3 N–H and O–H groups in total. The zero-order chi connectivity index (χ0) is 19.4. The number of nitrogens with two attached hydrogens (primary N) is 1. The predicted octanol–water partition coefficient (Wildman–Crippen LogP) is 3.20. The lowest BCUT2D eigenvalue weighted by atomic mass is 10.1. The van der Waals surface area contributed by atoms with Crippen LogP contribution in [0.25, 0.3) is 0 Å². The first-order valence-corrected chi connectivity index (χ1v) is 9.60. The number of rotatable bonds is 7. The fraction of sp³-hybridized carbons (Fsp3) is 0.474. The zero-order valence-electron chi connectivity index (χ0n) is 15.8. The lowest BCUT2D eigenvalue weighted by molar-refractivity contribution is 0.505. The predicted molar refractivity (Wildman–Crippen MR) is 111 cm³/mol. The molecular formula is C19H27BrN4O2. The van der Waals surface area contributed by atoms with Crippen molar-refractivity contribution in [3.05, 3.63) is 55.1 Å². The van der Waals surface area contributed by atoms with Gasteiger partial charge in [-0.2, -0.15) is 0 Å². The third-order valence-electron chi connectivity index (χ3n) is 3.95. The molecule has 6 nitrogen and oxygen atoms in total. The average molecular weight is 423 g/mol. The van der Waals surface area contributed by atoms with Crippen molar-refractivity contribution in [1.82, 2.24) is 9.55 Å². The fourth-order valence-corrected chi connectivity index (χ4v) is 3.18. The van der Waals surface area contributed by atoms with E-state index >= 15 is 0 Å². The molecule has 1 heterocycles. The molecule has 1 aromatic heterocycles. The SMILES string of the molecule is CC(C)CN(Cc1ccc(Br)cc1)c1c(N)n(CC(C)C)c(=O)[nH]c1=O. The second-order valence-corrected chi connectivity index (χ2v) is 8.31. The Labute approximate surface area is 162 Å². The number of benzene rings is 1. The van der Waals surface area contributed by atoms with Gasteiger partial charge in [0, 0.05) is 24.1 Å². The van der Waals surface area contributed by atoms with Crippen LogP contribution in [-0.4, -0.2) is 16.1 Å². The van der Waals surface area contributed by atoms with Crippen molar-refractivity contribution in [3.8, 4) is 0 Å². The van der Waals surface area contributed by atoms with Crippen LogP contribution in [0.2, 0.25) is 0 Å². The standard InChI is InChI=1S/C19H27BrN4O2/c1-12(2)9-23(11-14-5-7-15(20)8-6-14)16-17(21)24(10-13(3)4)19(26)22-18(16)25/h5-8,12-13H,9-11,21H2,1-4H3,(H,22,25,26). The molecule has 0 saturated carbocycles. The molecule has 0 aliphatic rings. The molecular weight excluding hydrogens is 396 g/mol. The number of aromatic amines is 1. The van der Waals surface area contributed by atoms with Crippen molar-refractivity contribution < 1.29 is 0 Å². The maximum absolute atomic E-state index is 12.6. The number of hydrogen-bond acceptors (Lipinski definition) is 4. The minimum absolute atomic E-state index is 0.227. The van der Waals surface area contributed by atoms with E-state index in [1.165, 1.54) is 4.57 Å². The first-order valence-electron chi connectivity index (χ1n) is 8.81. The zero-order valence-corrected chi connectivity index (χ0v) is 17.3. The largest absolute Gasteiger partial charge is 0.383 e. The molecule has 26 heavy (non-hydrogen) atoms. The van der Waals surface area contributed by atoms with E-state index in [-0.39, 0.29) is 11.7 Å². The highest BCUT2D eigenvalue weighted by Gasteiger charge is 2.20. The summed E-state index contributed by atoms with van der Waals surface area (Å²) < 4.78 is 2.45. The number of halogens is 1. The van der Waals surface area contributed by atoms with Crippen LogP contribution >= 0.6 is 15.9 Å². The number of nitrogens with zero attached hydrogens (tertiary/aromatic N) is 2. The van der Waals surface area contributed by atoms with Crippen LogP contribution in [0.1, 0.15) is 33.3 Å². The quantitative estimate of drug-likeness (QED) is 0.717. The molecule has 0 radical (unpaired) electrons. The minimum Gasteiger partial charge on any atom is -0.383 e. The van der Waals surface area contributed by atoms with Crippen LogP contribution < -0.4 is 21.9 Å². The van der Waals surface area contributed by atoms with Crippen molar-refractivity contribution in [1.29, 1.82) is 0 Å². The van der Waals surface area contributed by atoms with E-state index in [9.17, 15) is 9.59 Å². The summed E-state index contributed by atoms with van der Waals surface area (Å²) in [4.78, 5) is 29.1. The Bertz CT molecular complexity index is 853. The highest BCUT2D eigenvalue weighted by molar-refractivity contribution is 9.10. The summed E-state index contributed by atoms with van der Waals surface area (Å²) in [6.07, 6.45) is 0. The molecule has 1 aromatic carbocycles. The Kier molecular flexibility index (Phi) is 6.69. The van der Waals surface area contributed by atoms with E-state index in [2.05, 4.69) is 34.8 Å². The molecule has 0 aliphatic heterocycles. The monoisotopic (exact) mass is 422 g/mol. The number of aromatic nitrogens is 2. The van der Waals surface area contributed by atoms with Crippen LogP contribution in [0.3, 0.4) is 0 Å². The van der Waals surface area contributed by atoms with Gasteiger partial charge in [-0.1, -0.05) is 55.8 Å². The van der Waals surface area contributed by atoms with Crippen molar-refractivity contribution in [2.75, 3.05) is 17.2 Å². The summed E-state index contributed by atoms with van der Waals surface area (Å²) in [5, 5.41) is 0. The Morgan fingerprint density at radius 2 is 1.73 bits per heavy atom. The molecule has 0 unspecified atom stereocenters. The van der Waals surface area contributed by atoms with Crippen molar-refractivity contribution in [3.63, 3.8) is 0 Å². The Morgan fingerprint density at radius 1 is 1.12 bits per heavy atom. The van der Waals surface area contributed by atoms with E-state index in [0.717, 1.165) is 10.0 Å². The van der Waals surface area contributed by atoms with Crippen LogP contribution in [-0.2, 0) is 13.1 Å². The van der Waals surface area contributed by atoms with Gasteiger partial charge in [-0.3, -0.25) is 14.3 Å². The van der Waals surface area contributed by atoms with Crippen molar-refractivity contribution >= 4 is 27.4 Å². The first-order chi connectivity index (χ1) is 12.2. The summed E-state index contributed by atoms with van der Waals surface area (Å²) in [5.41, 5.74) is 6.81. The van der Waals surface area contributed by atoms with Gasteiger partial charge in [0.2, 0.25) is 0 Å². The molecule has 7 heteroatoms. The lowest BCUT2D eigenvalue weighted by Crippen LogP contribution is -2.40. The maximum atomic E-state index is 12.6. The maximum Gasteiger partial charge on any atom is 0.330 e. The van der Waals surface area contributed by atoms with Crippen molar-refractivity contribution in [2.24, 2.45) is 11.8 Å². The number of H-pyrrole nitrogens is 1. The lowest BCUT2D eigenvalue weighted by Gasteiger charge is -2.28. The summed E-state index contributed by atoms with van der Waals surface area (Å²) >= 11 is 3.43. The second-order valence-electron chi connectivity index (χ2n) is 7.40. The molecule has 2 aromatic rings. The molecule has 0 spiro atoms. The highest BCUT2D eigenvalue weighted by atomic mass is 79.9. The normalized spacial score (nSPS) is 11.3. The third kappa shape index (κ3) is 5.00. The topological polar surface area (TPSA) is 84.1 Å². The Morgan fingerprint density at radius 3 is 2.27 bits per heavy atom. The van der Waals surface area contributed by atoms with Crippen molar-refractivity contribution in [2.45, 2.75) is 40.8 Å². The fourth-order valence-electron chi connectivity index (χ4n) is 2.92. The number of nitrogens with one attached hydrogen (secondary N) is 1. The molecule has 0 aliphatic carbocycles. The Balaban J connectivity index is 2.51. The van der Waals surface area contributed by atoms with Gasteiger partial charge in [-0.05, 0) is 29.5 Å². The molecule has 0 amide bonds. The first kappa shape index (κ1) is 20.3. The molecule has 0 bridgehead atoms. The third-order valence-corrected chi connectivity index (χ3v) is 4.48. The summed E-state index contributed by atoms with van der Waals surface area (Å²) in [7, 11) is 0. The number of nitrogen functional groups attached to an aromatic ring is 1. The second kappa shape index (κ2) is 8.58. The molecule has 0 saturated heterocycles.